The van der Waals surface area contributed by atoms with Gasteiger partial charge in [0.2, 0.25) is 12.3 Å². The number of imide groups is 1. The predicted molar refractivity (Wildman–Crippen MR) is 137 cm³/mol. The highest BCUT2D eigenvalue weighted by Gasteiger charge is 2.27. The van der Waals surface area contributed by atoms with Gasteiger partial charge in [-0.2, -0.15) is 0 Å². The van der Waals surface area contributed by atoms with E-state index in [9.17, 15) is 9.59 Å². The minimum atomic E-state index is -0.0203. The molecule has 2 fully saturated rings. The molecule has 5 heteroatoms. The summed E-state index contributed by atoms with van der Waals surface area (Å²) < 4.78 is 0. The molecule has 2 aromatic rings. The van der Waals surface area contributed by atoms with Crippen LogP contribution in [0.4, 0.5) is 0 Å². The number of rotatable bonds is 5. The lowest BCUT2D eigenvalue weighted by Crippen LogP contribution is -2.44. The van der Waals surface area contributed by atoms with Gasteiger partial charge in [0, 0.05) is 32.1 Å². The molecular formula is C29H33N3O2. The Labute approximate surface area is 202 Å². The zero-order valence-electron chi connectivity index (χ0n) is 19.7. The van der Waals surface area contributed by atoms with Crippen LogP contribution in [0, 0.1) is 5.92 Å². The number of nitrogens with one attached hydrogen (secondary N) is 1. The molecule has 0 spiro atoms. The van der Waals surface area contributed by atoms with Crippen molar-refractivity contribution in [1.29, 1.82) is 0 Å². The van der Waals surface area contributed by atoms with Gasteiger partial charge in [-0.1, -0.05) is 66.3 Å². The first-order valence-corrected chi connectivity index (χ1v) is 12.5. The van der Waals surface area contributed by atoms with Crippen LogP contribution in [-0.4, -0.2) is 61.4 Å². The SMILES string of the molecule is O=CN(CCN1CCC(=C2c3ccccc3C=Cc3ccccc32)CC1)C(=O)C1CCNCC1. The Kier molecular flexibility index (Phi) is 7.02. The Bertz CT molecular complexity index is 1050. The smallest absolute Gasteiger partial charge is 0.232 e. The molecule has 34 heavy (non-hydrogen) atoms. The third-order valence-corrected chi connectivity index (χ3v) is 7.47. The summed E-state index contributed by atoms with van der Waals surface area (Å²) >= 11 is 0. The van der Waals surface area contributed by atoms with Gasteiger partial charge in [-0.15, -0.1) is 0 Å². The van der Waals surface area contributed by atoms with Gasteiger partial charge in [0.15, 0.2) is 0 Å². The highest BCUT2D eigenvalue weighted by atomic mass is 16.2. The van der Waals surface area contributed by atoms with Crippen molar-refractivity contribution in [1.82, 2.24) is 15.1 Å². The molecule has 176 valence electrons. The molecule has 3 aliphatic rings. The quantitative estimate of drug-likeness (QED) is 0.590. The molecule has 5 nitrogen and oxygen atoms in total. The van der Waals surface area contributed by atoms with Crippen LogP contribution in [0.25, 0.3) is 17.7 Å². The number of nitrogens with zero attached hydrogens (tertiary/aromatic N) is 2. The van der Waals surface area contributed by atoms with Crippen molar-refractivity contribution in [3.63, 3.8) is 0 Å². The number of hydrogen-bond acceptors (Lipinski definition) is 4. The van der Waals surface area contributed by atoms with Gasteiger partial charge in [0.25, 0.3) is 0 Å². The summed E-state index contributed by atoms with van der Waals surface area (Å²) in [5.74, 6) is -0.0244. The topological polar surface area (TPSA) is 52.7 Å². The summed E-state index contributed by atoms with van der Waals surface area (Å²) in [7, 11) is 0. The Hall–Kier alpha value is -3.02. The Balaban J connectivity index is 1.29. The van der Waals surface area contributed by atoms with Crippen LogP contribution in [0.2, 0.25) is 0 Å². The molecule has 0 unspecified atom stereocenters. The van der Waals surface area contributed by atoms with Crippen molar-refractivity contribution in [2.24, 2.45) is 5.92 Å². The third kappa shape index (κ3) is 4.77. The summed E-state index contributed by atoms with van der Waals surface area (Å²) in [6.45, 7) is 4.83. The standard InChI is InChI=1S/C29H33N3O2/c33-21-32(29(34)25-11-15-30-16-12-25)20-19-31-17-13-24(14-18-31)28-26-7-3-1-5-22(26)9-10-23-6-2-4-8-27(23)28/h1-10,21,25,30H,11-20H2. The number of carbonyl (C=O) groups is 2. The van der Waals surface area contributed by atoms with E-state index in [1.165, 1.54) is 38.3 Å². The predicted octanol–water partition coefficient (Wildman–Crippen LogP) is 4.05. The lowest BCUT2D eigenvalue weighted by atomic mass is 9.86. The van der Waals surface area contributed by atoms with Crippen molar-refractivity contribution in [2.45, 2.75) is 25.7 Å². The molecule has 2 saturated heterocycles. The second kappa shape index (κ2) is 10.5. The fourth-order valence-electron chi connectivity index (χ4n) is 5.51. The Morgan fingerprint density at radius 1 is 0.941 bits per heavy atom. The van der Waals surface area contributed by atoms with Crippen molar-refractivity contribution in [3.05, 3.63) is 76.4 Å². The first-order chi connectivity index (χ1) is 16.7. The van der Waals surface area contributed by atoms with Crippen molar-refractivity contribution < 1.29 is 9.59 Å². The molecule has 0 aromatic heterocycles. The molecule has 0 bridgehead atoms. The number of hydrogen-bond donors (Lipinski definition) is 1. The van der Waals surface area contributed by atoms with Crippen molar-refractivity contribution in [2.75, 3.05) is 39.3 Å². The summed E-state index contributed by atoms with van der Waals surface area (Å²) in [4.78, 5) is 28.2. The van der Waals surface area contributed by atoms with Crippen LogP contribution in [0.3, 0.4) is 0 Å². The minimum absolute atomic E-state index is 0.00418. The average Bonchev–Trinajstić information content (AvgIpc) is 3.07. The first kappa shape index (κ1) is 22.8. The normalized spacial score (nSPS) is 18.7. The van der Waals surface area contributed by atoms with Gasteiger partial charge in [-0.05, 0) is 66.6 Å². The van der Waals surface area contributed by atoms with Gasteiger partial charge >= 0.3 is 0 Å². The molecule has 5 rings (SSSR count). The molecule has 0 atom stereocenters. The number of benzene rings is 2. The molecule has 2 aromatic carbocycles. The van der Waals surface area contributed by atoms with E-state index in [1.807, 2.05) is 0 Å². The lowest BCUT2D eigenvalue weighted by Gasteiger charge is -2.32. The van der Waals surface area contributed by atoms with E-state index in [2.05, 4.69) is 70.9 Å². The van der Waals surface area contributed by atoms with Crippen LogP contribution in [0.15, 0.2) is 54.1 Å². The highest BCUT2D eigenvalue weighted by molar-refractivity contribution is 5.95. The first-order valence-electron chi connectivity index (χ1n) is 12.5. The fraction of sp³-hybridized carbons (Fsp3) is 0.379. The zero-order chi connectivity index (χ0) is 23.3. The van der Waals surface area contributed by atoms with E-state index < -0.39 is 0 Å². The number of amides is 2. The van der Waals surface area contributed by atoms with E-state index in [0.29, 0.717) is 6.54 Å². The van der Waals surface area contributed by atoms with Crippen LogP contribution in [-0.2, 0) is 9.59 Å². The van der Waals surface area contributed by atoms with E-state index in [1.54, 1.807) is 0 Å². The van der Waals surface area contributed by atoms with Crippen LogP contribution in [0.1, 0.15) is 47.9 Å². The maximum Gasteiger partial charge on any atom is 0.232 e. The van der Waals surface area contributed by atoms with Crippen LogP contribution >= 0.6 is 0 Å². The van der Waals surface area contributed by atoms with Crippen LogP contribution < -0.4 is 5.32 Å². The number of piperidine rings is 2. The van der Waals surface area contributed by atoms with Gasteiger partial charge in [-0.25, -0.2) is 0 Å². The third-order valence-electron chi connectivity index (χ3n) is 7.47. The maximum atomic E-state index is 12.8. The molecule has 0 saturated carbocycles. The maximum absolute atomic E-state index is 12.8. The summed E-state index contributed by atoms with van der Waals surface area (Å²) in [6, 6.07) is 17.3. The molecule has 2 amide bonds. The molecule has 2 heterocycles. The largest absolute Gasteiger partial charge is 0.317 e. The highest BCUT2D eigenvalue weighted by Crippen LogP contribution is 2.38. The van der Waals surface area contributed by atoms with Crippen molar-refractivity contribution >= 4 is 30.0 Å². The summed E-state index contributed by atoms with van der Waals surface area (Å²) in [5, 5.41) is 3.28. The van der Waals surface area contributed by atoms with Crippen LogP contribution in [0.5, 0.6) is 0 Å². The zero-order valence-corrected chi connectivity index (χ0v) is 19.7. The fourth-order valence-corrected chi connectivity index (χ4v) is 5.51. The number of likely N-dealkylation sites (tertiary alicyclic amines) is 1. The summed E-state index contributed by atoms with van der Waals surface area (Å²) in [5.41, 5.74) is 8.03. The van der Waals surface area contributed by atoms with Gasteiger partial charge in [0.1, 0.15) is 0 Å². The molecule has 1 aliphatic carbocycles. The van der Waals surface area contributed by atoms with Crippen molar-refractivity contribution in [3.8, 4) is 0 Å². The van der Waals surface area contributed by atoms with E-state index in [-0.39, 0.29) is 11.8 Å². The number of carbonyl (C=O) groups excluding carboxylic acids is 2. The van der Waals surface area contributed by atoms with Gasteiger partial charge < -0.3 is 10.2 Å². The number of fused-ring (bicyclic) bond motifs is 2. The van der Waals surface area contributed by atoms with E-state index in [4.69, 9.17) is 0 Å². The average molecular weight is 456 g/mol. The van der Waals surface area contributed by atoms with E-state index >= 15 is 0 Å². The Morgan fingerprint density at radius 3 is 2.12 bits per heavy atom. The lowest BCUT2D eigenvalue weighted by molar-refractivity contribution is -0.142. The second-order valence-electron chi connectivity index (χ2n) is 9.49. The van der Waals surface area contributed by atoms with Gasteiger partial charge in [-0.3, -0.25) is 14.5 Å². The van der Waals surface area contributed by atoms with E-state index in [0.717, 1.165) is 64.8 Å². The Morgan fingerprint density at radius 2 is 1.53 bits per heavy atom. The molecule has 1 N–H and O–H groups in total. The summed E-state index contributed by atoms with van der Waals surface area (Å²) in [6.07, 6.45) is 8.83. The van der Waals surface area contributed by atoms with Gasteiger partial charge in [0.05, 0.1) is 0 Å². The minimum Gasteiger partial charge on any atom is -0.317 e. The monoisotopic (exact) mass is 455 g/mol. The molecular weight excluding hydrogens is 422 g/mol. The molecule has 0 radical (unpaired) electrons. The second-order valence-corrected chi connectivity index (χ2v) is 9.49. The molecule has 2 aliphatic heterocycles.